The van der Waals surface area contributed by atoms with Gasteiger partial charge in [0.2, 0.25) is 5.91 Å². The van der Waals surface area contributed by atoms with Gasteiger partial charge in [0.15, 0.2) is 0 Å². The molecule has 1 rings (SSSR count). The van der Waals surface area contributed by atoms with E-state index < -0.39 is 0 Å². The van der Waals surface area contributed by atoms with Gasteiger partial charge >= 0.3 is 0 Å². The van der Waals surface area contributed by atoms with Crippen LogP contribution in [0.3, 0.4) is 0 Å². The predicted octanol–water partition coefficient (Wildman–Crippen LogP) is 0.185. The van der Waals surface area contributed by atoms with Gasteiger partial charge in [-0.05, 0) is 13.8 Å². The van der Waals surface area contributed by atoms with E-state index in [4.69, 9.17) is 4.74 Å². The molecule has 0 aromatic heterocycles. The Bertz CT molecular complexity index is 214. The van der Waals surface area contributed by atoms with E-state index in [0.717, 1.165) is 13.2 Å². The van der Waals surface area contributed by atoms with E-state index in [1.54, 1.807) is 19.0 Å². The maximum Gasteiger partial charge on any atom is 0.236 e. The fraction of sp³-hybridized carbons (Fsp3) is 0.900. The van der Waals surface area contributed by atoms with Crippen molar-refractivity contribution in [3.8, 4) is 0 Å². The minimum absolute atomic E-state index is 0.0239. The second-order valence-electron chi connectivity index (χ2n) is 4.57. The van der Waals surface area contributed by atoms with Crippen LogP contribution in [-0.4, -0.2) is 61.6 Å². The monoisotopic (exact) mass is 200 g/mol. The van der Waals surface area contributed by atoms with Gasteiger partial charge in [-0.2, -0.15) is 0 Å². The van der Waals surface area contributed by atoms with Crippen molar-refractivity contribution in [2.75, 3.05) is 40.4 Å². The third-order valence-electron chi connectivity index (χ3n) is 2.64. The van der Waals surface area contributed by atoms with Gasteiger partial charge in [0, 0.05) is 26.2 Å². The summed E-state index contributed by atoms with van der Waals surface area (Å²) in [7, 11) is 3.57. The fourth-order valence-electron chi connectivity index (χ4n) is 1.49. The van der Waals surface area contributed by atoms with Crippen LogP contribution < -0.4 is 0 Å². The molecule has 14 heavy (non-hydrogen) atoms. The summed E-state index contributed by atoms with van der Waals surface area (Å²) in [6, 6.07) is 0. The zero-order valence-corrected chi connectivity index (χ0v) is 9.54. The molecule has 0 saturated carbocycles. The van der Waals surface area contributed by atoms with E-state index >= 15 is 0 Å². The molecular formula is C10H20N2O2. The molecule has 1 fully saturated rings. The maximum atomic E-state index is 11.5. The normalized spacial score (nSPS) is 22.0. The van der Waals surface area contributed by atoms with Crippen LogP contribution in [0.4, 0.5) is 0 Å². The second kappa shape index (κ2) is 4.28. The summed E-state index contributed by atoms with van der Waals surface area (Å²) in [5, 5.41) is 0. The highest BCUT2D eigenvalue weighted by Gasteiger charge is 2.31. The molecule has 0 aliphatic carbocycles. The topological polar surface area (TPSA) is 32.8 Å². The van der Waals surface area contributed by atoms with Crippen LogP contribution in [-0.2, 0) is 9.53 Å². The van der Waals surface area contributed by atoms with Crippen LogP contribution in [0.2, 0.25) is 0 Å². The predicted molar refractivity (Wildman–Crippen MR) is 55.2 cm³/mol. The summed E-state index contributed by atoms with van der Waals surface area (Å²) in [5.74, 6) is 0.153. The average Bonchev–Trinajstić information content (AvgIpc) is 2.08. The Hall–Kier alpha value is -0.610. The van der Waals surface area contributed by atoms with Gasteiger partial charge < -0.3 is 9.64 Å². The van der Waals surface area contributed by atoms with Gasteiger partial charge in [0.1, 0.15) is 0 Å². The Kier molecular flexibility index (Phi) is 3.50. The van der Waals surface area contributed by atoms with E-state index in [1.165, 1.54) is 0 Å². The van der Waals surface area contributed by atoms with Crippen LogP contribution in [0.1, 0.15) is 13.8 Å². The van der Waals surface area contributed by atoms with E-state index in [-0.39, 0.29) is 11.4 Å². The highest BCUT2D eigenvalue weighted by atomic mass is 16.5. The number of hydrogen-bond donors (Lipinski definition) is 0. The average molecular weight is 200 g/mol. The number of amides is 1. The zero-order valence-electron chi connectivity index (χ0n) is 9.54. The lowest BCUT2D eigenvalue weighted by Gasteiger charge is -2.41. The molecule has 1 aliphatic rings. The molecule has 0 atom stereocenters. The molecule has 4 nitrogen and oxygen atoms in total. The van der Waals surface area contributed by atoms with E-state index in [1.807, 2.05) is 0 Å². The molecule has 1 saturated heterocycles. The van der Waals surface area contributed by atoms with Gasteiger partial charge in [0.05, 0.1) is 19.8 Å². The molecule has 0 spiro atoms. The van der Waals surface area contributed by atoms with Gasteiger partial charge in [0.25, 0.3) is 0 Å². The lowest BCUT2D eigenvalue weighted by atomic mass is 10.0. The standard InChI is InChI=1S/C10H20N2O2/c1-10(2)8-14-6-5-12(10)7-9(13)11(3)4/h5-8H2,1-4H3. The van der Waals surface area contributed by atoms with Crippen molar-refractivity contribution < 1.29 is 9.53 Å². The van der Waals surface area contributed by atoms with Crippen LogP contribution in [0, 0.1) is 0 Å². The van der Waals surface area contributed by atoms with Crippen molar-refractivity contribution in [1.29, 1.82) is 0 Å². The molecule has 1 aliphatic heterocycles. The Morgan fingerprint density at radius 2 is 2.14 bits per heavy atom. The first-order valence-corrected chi connectivity index (χ1v) is 4.96. The SMILES string of the molecule is CN(C)C(=O)CN1CCOCC1(C)C. The highest BCUT2D eigenvalue weighted by Crippen LogP contribution is 2.18. The Balaban J connectivity index is 2.54. The minimum Gasteiger partial charge on any atom is -0.378 e. The molecule has 0 radical (unpaired) electrons. The summed E-state index contributed by atoms with van der Waals surface area (Å²) < 4.78 is 5.39. The number of hydrogen-bond acceptors (Lipinski definition) is 3. The van der Waals surface area contributed by atoms with Crippen molar-refractivity contribution in [3.05, 3.63) is 0 Å². The number of morpholine rings is 1. The second-order valence-corrected chi connectivity index (χ2v) is 4.57. The Morgan fingerprint density at radius 3 is 2.64 bits per heavy atom. The van der Waals surface area contributed by atoms with Gasteiger partial charge in [-0.25, -0.2) is 0 Å². The number of ether oxygens (including phenoxy) is 1. The summed E-state index contributed by atoms with van der Waals surface area (Å²) in [4.78, 5) is 15.4. The summed E-state index contributed by atoms with van der Waals surface area (Å²) in [6.45, 7) is 6.97. The minimum atomic E-state index is -0.0239. The van der Waals surface area contributed by atoms with E-state index in [2.05, 4.69) is 18.7 Å². The summed E-state index contributed by atoms with van der Waals surface area (Å²) >= 11 is 0. The number of carbonyl (C=O) groups excluding carboxylic acids is 1. The maximum absolute atomic E-state index is 11.5. The molecule has 82 valence electrons. The van der Waals surface area contributed by atoms with Gasteiger partial charge in [-0.15, -0.1) is 0 Å². The summed E-state index contributed by atoms with van der Waals surface area (Å²) in [5.41, 5.74) is -0.0239. The van der Waals surface area contributed by atoms with Crippen LogP contribution in [0.15, 0.2) is 0 Å². The molecule has 0 unspecified atom stereocenters. The molecule has 4 heteroatoms. The van der Waals surface area contributed by atoms with Crippen molar-refractivity contribution in [2.24, 2.45) is 0 Å². The largest absolute Gasteiger partial charge is 0.378 e. The zero-order chi connectivity index (χ0) is 10.8. The van der Waals surface area contributed by atoms with Gasteiger partial charge in [-0.1, -0.05) is 0 Å². The van der Waals surface area contributed by atoms with Gasteiger partial charge in [-0.3, -0.25) is 9.69 Å². The van der Waals surface area contributed by atoms with Crippen molar-refractivity contribution >= 4 is 5.91 Å². The van der Waals surface area contributed by atoms with Crippen LogP contribution >= 0.6 is 0 Å². The number of carbonyl (C=O) groups is 1. The molecule has 0 N–H and O–H groups in total. The Labute approximate surface area is 85.8 Å². The Morgan fingerprint density at radius 1 is 1.50 bits per heavy atom. The molecule has 0 aromatic carbocycles. The van der Waals surface area contributed by atoms with Crippen molar-refractivity contribution in [1.82, 2.24) is 9.80 Å². The number of nitrogens with zero attached hydrogens (tertiary/aromatic N) is 2. The highest BCUT2D eigenvalue weighted by molar-refractivity contribution is 5.77. The summed E-state index contributed by atoms with van der Waals surface area (Å²) in [6.07, 6.45) is 0. The van der Waals surface area contributed by atoms with E-state index in [9.17, 15) is 4.79 Å². The van der Waals surface area contributed by atoms with Crippen LogP contribution in [0.25, 0.3) is 0 Å². The van der Waals surface area contributed by atoms with Crippen LogP contribution in [0.5, 0.6) is 0 Å². The molecule has 0 bridgehead atoms. The third-order valence-corrected chi connectivity index (χ3v) is 2.64. The van der Waals surface area contributed by atoms with E-state index in [0.29, 0.717) is 13.2 Å². The number of rotatable bonds is 2. The molecule has 0 aromatic rings. The smallest absolute Gasteiger partial charge is 0.236 e. The number of likely N-dealkylation sites (N-methyl/N-ethyl adjacent to an activating group) is 1. The lowest BCUT2D eigenvalue weighted by Crippen LogP contribution is -2.55. The first-order chi connectivity index (χ1) is 6.43. The molecule has 1 amide bonds. The third kappa shape index (κ3) is 2.69. The molecular weight excluding hydrogens is 180 g/mol. The fourth-order valence-corrected chi connectivity index (χ4v) is 1.49. The first-order valence-electron chi connectivity index (χ1n) is 4.96. The molecule has 1 heterocycles. The van der Waals surface area contributed by atoms with Crippen molar-refractivity contribution in [2.45, 2.75) is 19.4 Å². The lowest BCUT2D eigenvalue weighted by molar-refractivity contribution is -0.134. The quantitative estimate of drug-likeness (QED) is 0.637. The first kappa shape index (κ1) is 11.5. The van der Waals surface area contributed by atoms with Crippen molar-refractivity contribution in [3.63, 3.8) is 0 Å².